The van der Waals surface area contributed by atoms with Crippen molar-refractivity contribution in [1.29, 1.82) is 0 Å². The van der Waals surface area contributed by atoms with Crippen molar-refractivity contribution >= 4 is 11.5 Å². The summed E-state index contributed by atoms with van der Waals surface area (Å²) in [4.78, 5) is 9.18. The van der Waals surface area contributed by atoms with E-state index < -0.39 is 0 Å². The lowest BCUT2D eigenvalue weighted by atomic mass is 10.1. The Morgan fingerprint density at radius 3 is 2.26 bits per heavy atom. The van der Waals surface area contributed by atoms with Gasteiger partial charge in [0.1, 0.15) is 0 Å². The minimum atomic E-state index is 0.390. The predicted molar refractivity (Wildman–Crippen MR) is 106 cm³/mol. The van der Waals surface area contributed by atoms with Crippen molar-refractivity contribution in [2.75, 3.05) is 20.0 Å². The fourth-order valence-electron chi connectivity index (χ4n) is 3.10. The first kappa shape index (κ1) is 16.9. The number of hydrogen-bond acceptors (Lipinski definition) is 5. The Balaban J connectivity index is 1.82. The van der Waals surface area contributed by atoms with Crippen LogP contribution in [0.2, 0.25) is 0 Å². The van der Waals surface area contributed by atoms with Gasteiger partial charge in [-0.15, -0.1) is 0 Å². The molecule has 2 aromatic heterocycles. The van der Waals surface area contributed by atoms with E-state index in [1.54, 1.807) is 14.2 Å². The van der Waals surface area contributed by atoms with Crippen LogP contribution in [-0.2, 0) is 0 Å². The molecule has 0 amide bonds. The van der Waals surface area contributed by atoms with Crippen LogP contribution in [0, 0.1) is 6.92 Å². The van der Waals surface area contributed by atoms with E-state index in [9.17, 15) is 0 Å². The third-order valence-electron chi connectivity index (χ3n) is 4.46. The highest BCUT2D eigenvalue weighted by molar-refractivity contribution is 5.73. The minimum absolute atomic E-state index is 0.390. The molecule has 2 N–H and O–H groups in total. The zero-order chi connectivity index (χ0) is 19.0. The van der Waals surface area contributed by atoms with E-state index in [0.717, 1.165) is 22.5 Å². The first-order chi connectivity index (χ1) is 13.1. The van der Waals surface area contributed by atoms with Crippen LogP contribution in [0.15, 0.2) is 54.9 Å². The molecule has 0 aliphatic heterocycles. The van der Waals surface area contributed by atoms with Gasteiger partial charge in [-0.1, -0.05) is 23.8 Å². The van der Waals surface area contributed by atoms with Crippen molar-refractivity contribution in [3.05, 3.63) is 60.4 Å². The summed E-state index contributed by atoms with van der Waals surface area (Å²) < 4.78 is 12.6. The number of nitrogens with two attached hydrogens (primary N) is 1. The van der Waals surface area contributed by atoms with Crippen LogP contribution >= 0.6 is 0 Å². The summed E-state index contributed by atoms with van der Waals surface area (Å²) in [5.74, 6) is 1.72. The van der Waals surface area contributed by atoms with Gasteiger partial charge in [-0.2, -0.15) is 0 Å². The van der Waals surface area contributed by atoms with Gasteiger partial charge in [-0.05, 0) is 31.2 Å². The minimum Gasteiger partial charge on any atom is -0.493 e. The van der Waals surface area contributed by atoms with Crippen LogP contribution in [0.3, 0.4) is 0 Å². The Morgan fingerprint density at radius 1 is 0.852 bits per heavy atom. The second kappa shape index (κ2) is 6.64. The predicted octanol–water partition coefficient (Wildman–Crippen LogP) is 3.97. The number of nitrogens with zero attached hydrogens (tertiary/aromatic N) is 3. The van der Waals surface area contributed by atoms with Crippen molar-refractivity contribution in [2.45, 2.75) is 6.92 Å². The van der Waals surface area contributed by atoms with Crippen LogP contribution in [0.4, 0.5) is 5.82 Å². The SMILES string of the molecule is COc1ccc(-c2cn3cc(-c4cccc(C)c4)nc(N)c3n2)cc1OC. The Bertz CT molecular complexity index is 1130. The van der Waals surface area contributed by atoms with E-state index in [2.05, 4.69) is 29.0 Å². The van der Waals surface area contributed by atoms with Gasteiger partial charge in [-0.25, -0.2) is 9.97 Å². The molecule has 6 heteroatoms. The Morgan fingerprint density at radius 2 is 1.56 bits per heavy atom. The molecule has 136 valence electrons. The van der Waals surface area contributed by atoms with E-state index in [1.165, 1.54) is 5.56 Å². The van der Waals surface area contributed by atoms with Crippen molar-refractivity contribution in [1.82, 2.24) is 14.4 Å². The molecule has 0 bridgehead atoms. The summed E-state index contributed by atoms with van der Waals surface area (Å²) in [5, 5.41) is 0. The molecule has 0 saturated carbocycles. The van der Waals surface area contributed by atoms with Crippen LogP contribution in [-0.4, -0.2) is 28.6 Å². The number of anilines is 1. The highest BCUT2D eigenvalue weighted by atomic mass is 16.5. The fraction of sp³-hybridized carbons (Fsp3) is 0.143. The quantitative estimate of drug-likeness (QED) is 0.596. The number of ether oxygens (including phenoxy) is 2. The molecule has 0 spiro atoms. The molecule has 0 atom stereocenters. The maximum Gasteiger partial charge on any atom is 0.180 e. The standard InChI is InChI=1S/C21H20N4O2/c1-13-5-4-6-14(9-13)16-11-25-12-17(24-21(25)20(22)23-16)15-7-8-18(26-2)19(10-15)27-3/h4-12H,1-3H3,(H2,22,23). The number of rotatable bonds is 4. The summed E-state index contributed by atoms with van der Waals surface area (Å²) in [7, 11) is 3.23. The molecule has 27 heavy (non-hydrogen) atoms. The molecule has 0 fully saturated rings. The third kappa shape index (κ3) is 3.06. The molecule has 0 saturated heterocycles. The van der Waals surface area contributed by atoms with Crippen molar-refractivity contribution < 1.29 is 9.47 Å². The summed E-state index contributed by atoms with van der Waals surface area (Å²) >= 11 is 0. The maximum atomic E-state index is 6.19. The zero-order valence-corrected chi connectivity index (χ0v) is 15.4. The van der Waals surface area contributed by atoms with Gasteiger partial charge in [0, 0.05) is 23.5 Å². The van der Waals surface area contributed by atoms with Crippen molar-refractivity contribution in [3.63, 3.8) is 0 Å². The molecule has 4 rings (SSSR count). The average molecular weight is 360 g/mol. The van der Waals surface area contributed by atoms with E-state index in [1.807, 2.05) is 47.1 Å². The Kier molecular flexibility index (Phi) is 4.16. The summed E-state index contributed by atoms with van der Waals surface area (Å²) in [6.45, 7) is 2.05. The average Bonchev–Trinajstić information content (AvgIpc) is 3.12. The number of aromatic nitrogens is 3. The molecule has 2 heterocycles. The number of methoxy groups -OCH3 is 2. The number of hydrogen-bond donors (Lipinski definition) is 1. The van der Waals surface area contributed by atoms with Gasteiger partial charge in [0.25, 0.3) is 0 Å². The summed E-state index contributed by atoms with van der Waals surface area (Å²) in [6, 6.07) is 13.9. The van der Waals surface area contributed by atoms with Crippen LogP contribution in [0.1, 0.15) is 5.56 Å². The third-order valence-corrected chi connectivity index (χ3v) is 4.46. The van der Waals surface area contributed by atoms with Gasteiger partial charge in [0.15, 0.2) is 23.0 Å². The Hall–Kier alpha value is -3.54. The number of imidazole rings is 1. The number of fused-ring (bicyclic) bond motifs is 1. The van der Waals surface area contributed by atoms with Crippen LogP contribution < -0.4 is 15.2 Å². The second-order valence-corrected chi connectivity index (χ2v) is 6.31. The summed E-state index contributed by atoms with van der Waals surface area (Å²) in [5.41, 5.74) is 11.5. The lowest BCUT2D eigenvalue weighted by molar-refractivity contribution is 0.355. The van der Waals surface area contributed by atoms with Gasteiger partial charge in [0.05, 0.1) is 25.6 Å². The number of benzene rings is 2. The van der Waals surface area contributed by atoms with Gasteiger partial charge in [-0.3, -0.25) is 0 Å². The lowest BCUT2D eigenvalue weighted by Gasteiger charge is -2.08. The van der Waals surface area contributed by atoms with Crippen molar-refractivity contribution in [3.8, 4) is 34.0 Å². The van der Waals surface area contributed by atoms with E-state index >= 15 is 0 Å². The molecule has 4 aromatic rings. The second-order valence-electron chi connectivity index (χ2n) is 6.31. The van der Waals surface area contributed by atoms with Crippen molar-refractivity contribution in [2.24, 2.45) is 0 Å². The van der Waals surface area contributed by atoms with Crippen LogP contribution in [0.25, 0.3) is 28.2 Å². The van der Waals surface area contributed by atoms with Gasteiger partial charge >= 0.3 is 0 Å². The van der Waals surface area contributed by atoms with Crippen LogP contribution in [0.5, 0.6) is 11.5 Å². The maximum absolute atomic E-state index is 6.19. The fourth-order valence-corrected chi connectivity index (χ4v) is 3.10. The van der Waals surface area contributed by atoms with Gasteiger partial charge in [0.2, 0.25) is 0 Å². The first-order valence-electron chi connectivity index (χ1n) is 8.53. The molecular weight excluding hydrogens is 340 g/mol. The number of aryl methyl sites for hydroxylation is 1. The number of nitrogen functional groups attached to an aromatic ring is 1. The molecule has 0 radical (unpaired) electrons. The monoisotopic (exact) mass is 360 g/mol. The largest absolute Gasteiger partial charge is 0.493 e. The molecule has 0 aliphatic rings. The van der Waals surface area contributed by atoms with E-state index in [-0.39, 0.29) is 0 Å². The topological polar surface area (TPSA) is 74.7 Å². The highest BCUT2D eigenvalue weighted by Gasteiger charge is 2.13. The lowest BCUT2D eigenvalue weighted by Crippen LogP contribution is -1.98. The van der Waals surface area contributed by atoms with Gasteiger partial charge < -0.3 is 19.6 Å². The molecule has 0 unspecified atom stereocenters. The molecule has 6 nitrogen and oxygen atoms in total. The van der Waals surface area contributed by atoms with E-state index in [4.69, 9.17) is 15.2 Å². The molecule has 0 aliphatic carbocycles. The normalized spacial score (nSPS) is 10.9. The smallest absolute Gasteiger partial charge is 0.180 e. The summed E-state index contributed by atoms with van der Waals surface area (Å²) in [6.07, 6.45) is 3.88. The zero-order valence-electron chi connectivity index (χ0n) is 15.4. The first-order valence-corrected chi connectivity index (χ1v) is 8.53. The highest BCUT2D eigenvalue weighted by Crippen LogP contribution is 2.32. The van der Waals surface area contributed by atoms with E-state index in [0.29, 0.717) is 23.0 Å². The molecular formula is C21H20N4O2. The Labute approximate surface area is 157 Å². The molecule has 2 aromatic carbocycles.